The largest absolute Gasteiger partial charge is 0.465 e. The standard InChI is InChI=1S/C21H22N2O4S/c1-12-13(2)28-20(19(12)21(26)27-4)22-18(25)11-17-16-8-6-5-7-15(16)9-10-23(17)14(3)24/h5-10,17H,11H2,1-4H3,(H,22,25)/t17-/m0/s1. The van der Waals surface area contributed by atoms with Gasteiger partial charge in [0.2, 0.25) is 11.8 Å². The van der Waals surface area contributed by atoms with Crippen molar-refractivity contribution < 1.29 is 19.1 Å². The summed E-state index contributed by atoms with van der Waals surface area (Å²) in [4.78, 5) is 39.5. The summed E-state index contributed by atoms with van der Waals surface area (Å²) in [5.41, 5.74) is 3.08. The Morgan fingerprint density at radius 1 is 1.21 bits per heavy atom. The summed E-state index contributed by atoms with van der Waals surface area (Å²) in [6.07, 6.45) is 3.66. The van der Waals surface area contributed by atoms with Crippen molar-refractivity contribution in [1.82, 2.24) is 4.90 Å². The first-order valence-electron chi connectivity index (χ1n) is 8.87. The summed E-state index contributed by atoms with van der Waals surface area (Å²) in [6, 6.07) is 7.29. The lowest BCUT2D eigenvalue weighted by molar-refractivity contribution is -0.129. The molecule has 1 aromatic heterocycles. The lowest BCUT2D eigenvalue weighted by atomic mass is 9.93. The van der Waals surface area contributed by atoms with Crippen LogP contribution < -0.4 is 5.32 Å². The predicted octanol–water partition coefficient (Wildman–Crippen LogP) is 4.05. The second-order valence-electron chi connectivity index (χ2n) is 6.62. The first-order valence-corrected chi connectivity index (χ1v) is 9.69. The number of thiophene rings is 1. The molecule has 0 spiro atoms. The van der Waals surface area contributed by atoms with E-state index in [1.807, 2.05) is 44.2 Å². The van der Waals surface area contributed by atoms with Crippen LogP contribution in [0, 0.1) is 13.8 Å². The Morgan fingerprint density at radius 3 is 2.61 bits per heavy atom. The Kier molecular flexibility index (Phi) is 5.65. The molecule has 1 aliphatic heterocycles. The smallest absolute Gasteiger partial charge is 0.341 e. The van der Waals surface area contributed by atoms with Crippen LogP contribution in [0.5, 0.6) is 0 Å². The fourth-order valence-electron chi connectivity index (χ4n) is 3.33. The van der Waals surface area contributed by atoms with Crippen LogP contribution in [0.25, 0.3) is 6.08 Å². The van der Waals surface area contributed by atoms with Gasteiger partial charge >= 0.3 is 5.97 Å². The van der Waals surface area contributed by atoms with Gasteiger partial charge in [0.05, 0.1) is 25.1 Å². The molecule has 0 saturated carbocycles. The van der Waals surface area contributed by atoms with Gasteiger partial charge in [-0.1, -0.05) is 24.3 Å². The predicted molar refractivity (Wildman–Crippen MR) is 109 cm³/mol. The molecule has 2 aromatic rings. The highest BCUT2D eigenvalue weighted by Crippen LogP contribution is 2.35. The summed E-state index contributed by atoms with van der Waals surface area (Å²) in [6.45, 7) is 5.19. The SMILES string of the molecule is COC(=O)c1c(NC(=O)C[C@H]2c3ccccc3C=CN2C(C)=O)sc(C)c1C. The molecular formula is C21H22N2O4S. The van der Waals surface area contributed by atoms with Gasteiger partial charge in [-0.15, -0.1) is 11.3 Å². The molecule has 0 aliphatic carbocycles. The molecule has 2 heterocycles. The molecule has 7 heteroatoms. The number of amides is 2. The van der Waals surface area contributed by atoms with Crippen LogP contribution in [0.15, 0.2) is 30.5 Å². The highest BCUT2D eigenvalue weighted by molar-refractivity contribution is 7.16. The van der Waals surface area contributed by atoms with E-state index in [0.29, 0.717) is 10.6 Å². The number of hydrogen-bond donors (Lipinski definition) is 1. The zero-order chi connectivity index (χ0) is 20.4. The number of nitrogens with zero attached hydrogens (tertiary/aromatic N) is 1. The zero-order valence-electron chi connectivity index (χ0n) is 16.2. The third-order valence-electron chi connectivity index (χ3n) is 4.88. The van der Waals surface area contributed by atoms with Crippen molar-refractivity contribution in [3.8, 4) is 0 Å². The molecular weight excluding hydrogens is 376 g/mol. The number of esters is 1. The van der Waals surface area contributed by atoms with Crippen LogP contribution in [0.4, 0.5) is 5.00 Å². The van der Waals surface area contributed by atoms with Gasteiger partial charge in [0, 0.05) is 18.0 Å². The highest BCUT2D eigenvalue weighted by Gasteiger charge is 2.29. The molecule has 3 rings (SSSR count). The van der Waals surface area contributed by atoms with Crippen LogP contribution in [-0.4, -0.2) is 29.8 Å². The van der Waals surface area contributed by atoms with Crippen molar-refractivity contribution in [3.05, 3.63) is 57.6 Å². The average Bonchev–Trinajstić information content (AvgIpc) is 2.94. The molecule has 2 amide bonds. The number of carbonyl (C=O) groups excluding carboxylic acids is 3. The zero-order valence-corrected chi connectivity index (χ0v) is 17.1. The van der Waals surface area contributed by atoms with Gasteiger partial charge in [0.1, 0.15) is 5.00 Å². The highest BCUT2D eigenvalue weighted by atomic mass is 32.1. The molecule has 1 aliphatic rings. The number of anilines is 1. The molecule has 0 radical (unpaired) electrons. The van der Waals surface area contributed by atoms with Gasteiger partial charge < -0.3 is 15.0 Å². The molecule has 28 heavy (non-hydrogen) atoms. The van der Waals surface area contributed by atoms with Crippen molar-refractivity contribution in [3.63, 3.8) is 0 Å². The van der Waals surface area contributed by atoms with E-state index < -0.39 is 12.0 Å². The number of ether oxygens (including phenoxy) is 1. The molecule has 1 N–H and O–H groups in total. The van der Waals surface area contributed by atoms with Crippen LogP contribution in [0.2, 0.25) is 0 Å². The van der Waals surface area contributed by atoms with Gasteiger partial charge in [0.15, 0.2) is 0 Å². The topological polar surface area (TPSA) is 75.7 Å². The number of hydrogen-bond acceptors (Lipinski definition) is 5. The van der Waals surface area contributed by atoms with Crippen molar-refractivity contribution in [2.24, 2.45) is 0 Å². The number of aryl methyl sites for hydroxylation is 1. The molecule has 0 unspecified atom stereocenters. The van der Waals surface area contributed by atoms with Crippen molar-refractivity contribution >= 4 is 40.2 Å². The molecule has 146 valence electrons. The Balaban J connectivity index is 1.87. The summed E-state index contributed by atoms with van der Waals surface area (Å²) in [7, 11) is 1.32. The Hall–Kier alpha value is -2.93. The first-order chi connectivity index (χ1) is 13.3. The Bertz CT molecular complexity index is 977. The number of benzene rings is 1. The number of rotatable bonds is 4. The normalized spacial score (nSPS) is 15.1. The second-order valence-corrected chi connectivity index (χ2v) is 7.84. The summed E-state index contributed by atoms with van der Waals surface area (Å²) in [5, 5.41) is 3.31. The fourth-order valence-corrected chi connectivity index (χ4v) is 4.39. The van der Waals surface area contributed by atoms with Crippen LogP contribution in [0.3, 0.4) is 0 Å². The molecule has 0 bridgehead atoms. The maximum atomic E-state index is 12.8. The van der Waals surface area contributed by atoms with E-state index in [1.54, 1.807) is 11.1 Å². The lowest BCUT2D eigenvalue weighted by Crippen LogP contribution is -2.33. The molecule has 0 saturated heterocycles. The van der Waals surface area contributed by atoms with E-state index in [0.717, 1.165) is 21.6 Å². The molecule has 0 fully saturated rings. The molecule has 6 nitrogen and oxygen atoms in total. The molecule has 1 aromatic carbocycles. The van der Waals surface area contributed by atoms with Gasteiger partial charge in [-0.2, -0.15) is 0 Å². The maximum Gasteiger partial charge on any atom is 0.341 e. The van der Waals surface area contributed by atoms with E-state index >= 15 is 0 Å². The number of carbonyl (C=O) groups is 3. The van der Waals surface area contributed by atoms with Crippen molar-refractivity contribution in [1.29, 1.82) is 0 Å². The lowest BCUT2D eigenvalue weighted by Gasteiger charge is -2.32. The number of fused-ring (bicyclic) bond motifs is 1. The number of nitrogens with one attached hydrogen (secondary N) is 1. The second kappa shape index (κ2) is 7.98. The minimum atomic E-state index is -0.478. The van der Waals surface area contributed by atoms with E-state index in [-0.39, 0.29) is 18.2 Å². The summed E-state index contributed by atoms with van der Waals surface area (Å²) < 4.78 is 4.85. The van der Waals surface area contributed by atoms with Gasteiger partial charge in [-0.3, -0.25) is 9.59 Å². The van der Waals surface area contributed by atoms with E-state index in [1.165, 1.54) is 25.4 Å². The Morgan fingerprint density at radius 2 is 1.93 bits per heavy atom. The van der Waals surface area contributed by atoms with Gasteiger partial charge in [-0.05, 0) is 36.6 Å². The third kappa shape index (κ3) is 3.71. The summed E-state index contributed by atoms with van der Waals surface area (Å²) in [5.74, 6) is -0.886. The number of methoxy groups -OCH3 is 1. The minimum absolute atomic E-state index is 0.0809. The van der Waals surface area contributed by atoms with E-state index in [2.05, 4.69) is 5.32 Å². The van der Waals surface area contributed by atoms with Crippen molar-refractivity contribution in [2.75, 3.05) is 12.4 Å². The maximum absolute atomic E-state index is 12.8. The van der Waals surface area contributed by atoms with Crippen LogP contribution in [-0.2, 0) is 14.3 Å². The Labute approximate surface area is 167 Å². The third-order valence-corrected chi connectivity index (χ3v) is 6.00. The average molecular weight is 398 g/mol. The first kappa shape index (κ1) is 19.8. The van der Waals surface area contributed by atoms with Gasteiger partial charge in [-0.25, -0.2) is 4.79 Å². The molecule has 1 atom stereocenters. The quantitative estimate of drug-likeness (QED) is 0.788. The summed E-state index contributed by atoms with van der Waals surface area (Å²) >= 11 is 1.34. The fraction of sp³-hybridized carbons (Fsp3) is 0.286. The van der Waals surface area contributed by atoms with Gasteiger partial charge in [0.25, 0.3) is 0 Å². The monoisotopic (exact) mass is 398 g/mol. The van der Waals surface area contributed by atoms with E-state index in [9.17, 15) is 14.4 Å². The minimum Gasteiger partial charge on any atom is -0.465 e. The van der Waals surface area contributed by atoms with Crippen LogP contribution >= 0.6 is 11.3 Å². The van der Waals surface area contributed by atoms with Crippen LogP contribution in [0.1, 0.15) is 51.3 Å². The van der Waals surface area contributed by atoms with E-state index in [4.69, 9.17) is 4.74 Å². The van der Waals surface area contributed by atoms with Crippen molar-refractivity contribution in [2.45, 2.75) is 33.2 Å².